The standard InChI is InChI=1S/C16H23Cl2N3O2/c1-10(2)15(19)16(22)21-6-4-20(5-7-21)13-9-14(23-3)12(18)8-11(13)17/h8-10,15H,4-7,19H2,1-3H3/t15-/m1/s1. The summed E-state index contributed by atoms with van der Waals surface area (Å²) >= 11 is 12.4. The molecule has 1 aliphatic rings. The molecular formula is C16H23Cl2N3O2. The molecule has 128 valence electrons. The lowest BCUT2D eigenvalue weighted by Gasteiger charge is -2.38. The molecule has 1 aliphatic heterocycles. The van der Waals surface area contributed by atoms with Gasteiger partial charge in [-0.3, -0.25) is 4.79 Å². The number of benzene rings is 1. The Labute approximate surface area is 147 Å². The Balaban J connectivity index is 2.06. The number of amides is 1. The zero-order valence-corrected chi connectivity index (χ0v) is 15.2. The van der Waals surface area contributed by atoms with E-state index in [0.717, 1.165) is 5.69 Å². The van der Waals surface area contributed by atoms with Gasteiger partial charge in [0, 0.05) is 32.2 Å². The molecule has 23 heavy (non-hydrogen) atoms. The van der Waals surface area contributed by atoms with Crippen LogP contribution >= 0.6 is 23.2 Å². The molecule has 0 spiro atoms. The zero-order valence-electron chi connectivity index (χ0n) is 13.7. The summed E-state index contributed by atoms with van der Waals surface area (Å²) in [6.45, 7) is 6.56. The first kappa shape index (κ1) is 18.2. The molecule has 0 unspecified atom stereocenters. The van der Waals surface area contributed by atoms with Gasteiger partial charge in [0.1, 0.15) is 5.75 Å². The average molecular weight is 360 g/mol. The van der Waals surface area contributed by atoms with Gasteiger partial charge in [0.2, 0.25) is 5.91 Å². The number of ether oxygens (including phenoxy) is 1. The number of hydrogen-bond donors (Lipinski definition) is 1. The first-order valence-electron chi connectivity index (χ1n) is 7.67. The Bertz CT molecular complexity index is 573. The normalized spacial score (nSPS) is 16.7. The largest absolute Gasteiger partial charge is 0.495 e. The van der Waals surface area contributed by atoms with E-state index < -0.39 is 6.04 Å². The quantitative estimate of drug-likeness (QED) is 0.897. The fourth-order valence-corrected chi connectivity index (χ4v) is 3.16. The molecule has 1 fully saturated rings. The first-order chi connectivity index (χ1) is 10.8. The molecule has 1 atom stereocenters. The Morgan fingerprint density at radius 3 is 2.30 bits per heavy atom. The van der Waals surface area contributed by atoms with Crippen molar-refractivity contribution in [3.8, 4) is 5.75 Å². The predicted molar refractivity (Wildman–Crippen MR) is 94.6 cm³/mol. The third-order valence-corrected chi connectivity index (χ3v) is 4.75. The molecule has 0 saturated carbocycles. The van der Waals surface area contributed by atoms with Gasteiger partial charge < -0.3 is 20.3 Å². The van der Waals surface area contributed by atoms with E-state index >= 15 is 0 Å². The molecule has 0 aromatic heterocycles. The van der Waals surface area contributed by atoms with Gasteiger partial charge in [-0.1, -0.05) is 37.0 Å². The number of nitrogens with zero attached hydrogens (tertiary/aromatic N) is 2. The van der Waals surface area contributed by atoms with Crippen molar-refractivity contribution >= 4 is 34.8 Å². The smallest absolute Gasteiger partial charge is 0.239 e. The van der Waals surface area contributed by atoms with Gasteiger partial charge in [-0.25, -0.2) is 0 Å². The minimum Gasteiger partial charge on any atom is -0.495 e. The second kappa shape index (κ2) is 7.60. The number of halogens is 2. The number of nitrogens with two attached hydrogens (primary N) is 1. The van der Waals surface area contributed by atoms with Crippen molar-refractivity contribution in [2.45, 2.75) is 19.9 Å². The van der Waals surface area contributed by atoms with Gasteiger partial charge in [0.25, 0.3) is 0 Å². The third kappa shape index (κ3) is 4.03. The van der Waals surface area contributed by atoms with Crippen LogP contribution in [0.3, 0.4) is 0 Å². The van der Waals surface area contributed by atoms with Crippen LogP contribution in [0.2, 0.25) is 10.0 Å². The molecule has 5 nitrogen and oxygen atoms in total. The zero-order chi connectivity index (χ0) is 17.1. The lowest BCUT2D eigenvalue weighted by atomic mass is 10.0. The van der Waals surface area contributed by atoms with Crippen molar-refractivity contribution in [1.82, 2.24) is 4.90 Å². The van der Waals surface area contributed by atoms with E-state index in [0.29, 0.717) is 42.0 Å². The van der Waals surface area contributed by atoms with Crippen LogP contribution in [0.15, 0.2) is 12.1 Å². The van der Waals surface area contributed by atoms with Crippen molar-refractivity contribution < 1.29 is 9.53 Å². The summed E-state index contributed by atoms with van der Waals surface area (Å²) in [7, 11) is 1.57. The van der Waals surface area contributed by atoms with Gasteiger partial charge >= 0.3 is 0 Å². The van der Waals surface area contributed by atoms with Crippen LogP contribution in [-0.4, -0.2) is 50.1 Å². The summed E-state index contributed by atoms with van der Waals surface area (Å²) in [6.07, 6.45) is 0. The van der Waals surface area contributed by atoms with Crippen molar-refractivity contribution in [2.24, 2.45) is 11.7 Å². The van der Waals surface area contributed by atoms with E-state index in [1.807, 2.05) is 24.8 Å². The molecule has 0 bridgehead atoms. The van der Waals surface area contributed by atoms with Gasteiger partial charge in [-0.2, -0.15) is 0 Å². The summed E-state index contributed by atoms with van der Waals surface area (Å²) in [4.78, 5) is 16.3. The van der Waals surface area contributed by atoms with E-state index in [-0.39, 0.29) is 11.8 Å². The number of piperazine rings is 1. The number of methoxy groups -OCH3 is 1. The van der Waals surface area contributed by atoms with Crippen LogP contribution in [0, 0.1) is 5.92 Å². The molecule has 0 radical (unpaired) electrons. The van der Waals surface area contributed by atoms with Crippen LogP contribution < -0.4 is 15.4 Å². The maximum Gasteiger partial charge on any atom is 0.239 e. The van der Waals surface area contributed by atoms with Gasteiger partial charge in [-0.15, -0.1) is 0 Å². The number of rotatable bonds is 4. The van der Waals surface area contributed by atoms with Crippen molar-refractivity contribution in [3.05, 3.63) is 22.2 Å². The molecule has 1 amide bonds. The number of carbonyl (C=O) groups excluding carboxylic acids is 1. The highest BCUT2D eigenvalue weighted by Crippen LogP contribution is 2.36. The van der Waals surface area contributed by atoms with E-state index in [9.17, 15) is 4.79 Å². The summed E-state index contributed by atoms with van der Waals surface area (Å²) in [5.74, 6) is 0.737. The number of anilines is 1. The average Bonchev–Trinajstić information content (AvgIpc) is 2.54. The lowest BCUT2D eigenvalue weighted by molar-refractivity contribution is -0.133. The van der Waals surface area contributed by atoms with Gasteiger partial charge in [-0.05, 0) is 12.0 Å². The number of hydrogen-bond acceptors (Lipinski definition) is 4. The Hall–Kier alpha value is -1.17. The summed E-state index contributed by atoms with van der Waals surface area (Å²) in [5.41, 5.74) is 6.83. The highest BCUT2D eigenvalue weighted by atomic mass is 35.5. The second-order valence-electron chi connectivity index (χ2n) is 6.02. The SMILES string of the molecule is COc1cc(N2CCN(C(=O)[C@H](N)C(C)C)CC2)c(Cl)cc1Cl. The molecular weight excluding hydrogens is 337 g/mol. The van der Waals surface area contributed by atoms with Crippen LogP contribution in [0.5, 0.6) is 5.75 Å². The topological polar surface area (TPSA) is 58.8 Å². The first-order valence-corrected chi connectivity index (χ1v) is 8.43. The van der Waals surface area contributed by atoms with Crippen molar-refractivity contribution in [1.29, 1.82) is 0 Å². The molecule has 1 aromatic carbocycles. The molecule has 0 aliphatic carbocycles. The van der Waals surface area contributed by atoms with E-state index in [1.54, 1.807) is 13.2 Å². The van der Waals surface area contributed by atoms with Gasteiger partial charge in [0.15, 0.2) is 0 Å². The van der Waals surface area contributed by atoms with Crippen LogP contribution in [0.25, 0.3) is 0 Å². The Morgan fingerprint density at radius 2 is 1.78 bits per heavy atom. The molecule has 1 aromatic rings. The fraction of sp³-hybridized carbons (Fsp3) is 0.562. The van der Waals surface area contributed by atoms with E-state index in [4.69, 9.17) is 33.7 Å². The van der Waals surface area contributed by atoms with Crippen molar-refractivity contribution in [2.75, 3.05) is 38.2 Å². The van der Waals surface area contributed by atoms with Crippen LogP contribution in [0.4, 0.5) is 5.69 Å². The minimum atomic E-state index is -0.444. The fourth-order valence-electron chi connectivity index (χ4n) is 2.58. The highest BCUT2D eigenvalue weighted by Gasteiger charge is 2.27. The summed E-state index contributed by atoms with van der Waals surface area (Å²) in [6, 6.07) is 3.08. The highest BCUT2D eigenvalue weighted by molar-refractivity contribution is 6.37. The van der Waals surface area contributed by atoms with Gasteiger partial charge in [0.05, 0.1) is 28.9 Å². The number of carbonyl (C=O) groups is 1. The maximum atomic E-state index is 12.3. The monoisotopic (exact) mass is 359 g/mol. The third-order valence-electron chi connectivity index (χ3n) is 4.16. The second-order valence-corrected chi connectivity index (χ2v) is 6.83. The predicted octanol–water partition coefficient (Wildman–Crippen LogP) is 2.63. The van der Waals surface area contributed by atoms with E-state index in [2.05, 4.69) is 4.90 Å². The maximum absolute atomic E-state index is 12.3. The lowest BCUT2D eigenvalue weighted by Crippen LogP contribution is -2.54. The minimum absolute atomic E-state index is 0.0134. The Morgan fingerprint density at radius 1 is 1.17 bits per heavy atom. The Kier molecular flexibility index (Phi) is 6.00. The molecule has 1 heterocycles. The van der Waals surface area contributed by atoms with Crippen LogP contribution in [0.1, 0.15) is 13.8 Å². The van der Waals surface area contributed by atoms with Crippen molar-refractivity contribution in [3.63, 3.8) is 0 Å². The molecule has 1 saturated heterocycles. The molecule has 7 heteroatoms. The molecule has 2 rings (SSSR count). The van der Waals surface area contributed by atoms with E-state index in [1.165, 1.54) is 0 Å². The molecule has 2 N–H and O–H groups in total. The van der Waals surface area contributed by atoms with Crippen LogP contribution in [-0.2, 0) is 4.79 Å². The summed E-state index contributed by atoms with van der Waals surface area (Å²) < 4.78 is 5.25. The summed E-state index contributed by atoms with van der Waals surface area (Å²) in [5, 5.41) is 1.06.